The van der Waals surface area contributed by atoms with E-state index in [0.717, 1.165) is 17.7 Å². The van der Waals surface area contributed by atoms with Crippen molar-refractivity contribution in [3.05, 3.63) is 95.3 Å². The molecule has 4 rings (SSSR count). The molecule has 0 saturated carbocycles. The summed E-state index contributed by atoms with van der Waals surface area (Å²) in [4.78, 5) is 33.8. The van der Waals surface area contributed by atoms with Crippen LogP contribution in [0.3, 0.4) is 0 Å². The molecule has 0 N–H and O–H groups in total. The molecule has 0 unspecified atom stereocenters. The van der Waals surface area contributed by atoms with Crippen molar-refractivity contribution in [2.45, 2.75) is 19.9 Å². The van der Waals surface area contributed by atoms with E-state index in [4.69, 9.17) is 0 Å². The maximum atomic E-state index is 13.1. The maximum Gasteiger partial charge on any atom is 0.259 e. The number of pyridine rings is 1. The van der Waals surface area contributed by atoms with Gasteiger partial charge in [-0.3, -0.25) is 14.6 Å². The molecular formula is C24H23N3O2. The molecule has 5 heteroatoms. The zero-order chi connectivity index (χ0) is 20.2. The molecule has 3 aromatic rings. The lowest BCUT2D eigenvalue weighted by Crippen LogP contribution is -2.32. The summed E-state index contributed by atoms with van der Waals surface area (Å²) in [5.74, 6) is -0.247. The van der Waals surface area contributed by atoms with Gasteiger partial charge in [0.25, 0.3) is 11.8 Å². The Hall–Kier alpha value is -3.47. The lowest BCUT2D eigenvalue weighted by atomic mass is 10.1. The van der Waals surface area contributed by atoms with Crippen molar-refractivity contribution >= 4 is 17.5 Å². The fourth-order valence-electron chi connectivity index (χ4n) is 3.69. The molecule has 2 amide bonds. The summed E-state index contributed by atoms with van der Waals surface area (Å²) in [5, 5.41) is 0. The molecule has 1 aromatic heterocycles. The third-order valence-electron chi connectivity index (χ3n) is 5.25. The van der Waals surface area contributed by atoms with Crippen molar-refractivity contribution < 1.29 is 9.59 Å². The van der Waals surface area contributed by atoms with Crippen molar-refractivity contribution in [1.29, 1.82) is 0 Å². The summed E-state index contributed by atoms with van der Waals surface area (Å²) in [6, 6.07) is 19.5. The molecule has 0 saturated heterocycles. The molecule has 0 aliphatic carbocycles. The Morgan fingerprint density at radius 1 is 1.00 bits per heavy atom. The smallest absolute Gasteiger partial charge is 0.259 e. The van der Waals surface area contributed by atoms with E-state index in [9.17, 15) is 9.59 Å². The van der Waals surface area contributed by atoms with E-state index in [1.165, 1.54) is 18.0 Å². The molecule has 2 aromatic carbocycles. The normalized spacial score (nSPS) is 12.5. The first-order chi connectivity index (χ1) is 14.2. The van der Waals surface area contributed by atoms with Gasteiger partial charge in [0.1, 0.15) is 0 Å². The Kier molecular flexibility index (Phi) is 5.38. The Morgan fingerprint density at radius 3 is 2.52 bits per heavy atom. The molecule has 1 aliphatic heterocycles. The fourth-order valence-corrected chi connectivity index (χ4v) is 3.69. The number of amides is 2. The number of aromatic nitrogens is 1. The Bertz CT molecular complexity index is 1030. The molecule has 0 radical (unpaired) electrons. The molecule has 5 nitrogen and oxygen atoms in total. The second-order valence-corrected chi connectivity index (χ2v) is 7.10. The van der Waals surface area contributed by atoms with Crippen LogP contribution < -0.4 is 4.90 Å². The number of nitrogens with zero attached hydrogens (tertiary/aromatic N) is 3. The first-order valence-electron chi connectivity index (χ1n) is 9.85. The average Bonchev–Trinajstić information content (AvgIpc) is 3.21. The van der Waals surface area contributed by atoms with E-state index in [2.05, 4.69) is 4.98 Å². The molecule has 146 valence electrons. The number of anilines is 1. The number of fused-ring (bicyclic) bond motifs is 1. The van der Waals surface area contributed by atoms with E-state index < -0.39 is 0 Å². The maximum absolute atomic E-state index is 13.1. The van der Waals surface area contributed by atoms with Gasteiger partial charge in [0, 0.05) is 37.7 Å². The van der Waals surface area contributed by atoms with Crippen LogP contribution in [-0.2, 0) is 13.0 Å². The lowest BCUT2D eigenvalue weighted by molar-refractivity contribution is 0.0752. The summed E-state index contributed by atoms with van der Waals surface area (Å²) < 4.78 is 0. The molecule has 0 fully saturated rings. The van der Waals surface area contributed by atoms with Crippen LogP contribution in [0.15, 0.2) is 73.1 Å². The zero-order valence-corrected chi connectivity index (χ0v) is 16.4. The first-order valence-corrected chi connectivity index (χ1v) is 9.85. The minimum absolute atomic E-state index is 0.122. The minimum Gasteiger partial charge on any atom is -0.335 e. The van der Waals surface area contributed by atoms with Crippen LogP contribution in [0.2, 0.25) is 0 Å². The number of benzene rings is 2. The first kappa shape index (κ1) is 18.9. The Labute approximate surface area is 170 Å². The number of hydrogen-bond donors (Lipinski definition) is 0. The van der Waals surface area contributed by atoms with Gasteiger partial charge in [0.15, 0.2) is 0 Å². The molecule has 0 bridgehead atoms. The van der Waals surface area contributed by atoms with Gasteiger partial charge < -0.3 is 9.80 Å². The van der Waals surface area contributed by atoms with Gasteiger partial charge in [-0.25, -0.2) is 0 Å². The number of carbonyl (C=O) groups excluding carboxylic acids is 2. The van der Waals surface area contributed by atoms with Gasteiger partial charge >= 0.3 is 0 Å². The van der Waals surface area contributed by atoms with Crippen LogP contribution in [0.25, 0.3) is 0 Å². The lowest BCUT2D eigenvalue weighted by Gasteiger charge is -2.22. The van der Waals surface area contributed by atoms with Crippen LogP contribution in [0.1, 0.15) is 38.8 Å². The molecular weight excluding hydrogens is 362 g/mol. The predicted octanol–water partition coefficient (Wildman–Crippen LogP) is 3.95. The highest BCUT2D eigenvalue weighted by Gasteiger charge is 2.26. The SMILES string of the molecule is CCN(Cc1ccccc1)C(=O)c1cncc(C(=O)N2CCc3ccccc32)c1. The number of hydrogen-bond acceptors (Lipinski definition) is 3. The summed E-state index contributed by atoms with van der Waals surface area (Å²) in [7, 11) is 0. The van der Waals surface area contributed by atoms with Crippen LogP contribution in [0.4, 0.5) is 5.69 Å². The molecule has 0 spiro atoms. The fraction of sp³-hybridized carbons (Fsp3) is 0.208. The van der Waals surface area contributed by atoms with E-state index in [-0.39, 0.29) is 11.8 Å². The van der Waals surface area contributed by atoms with Crippen molar-refractivity contribution in [1.82, 2.24) is 9.88 Å². The van der Waals surface area contributed by atoms with E-state index in [0.29, 0.717) is 30.8 Å². The average molecular weight is 385 g/mol. The number of carbonyl (C=O) groups is 2. The van der Waals surface area contributed by atoms with Gasteiger partial charge in [0.05, 0.1) is 11.1 Å². The molecule has 0 atom stereocenters. The minimum atomic E-state index is -0.125. The van der Waals surface area contributed by atoms with Gasteiger partial charge in [-0.05, 0) is 36.6 Å². The van der Waals surface area contributed by atoms with Gasteiger partial charge in [-0.15, -0.1) is 0 Å². The summed E-state index contributed by atoms with van der Waals surface area (Å²) in [6.45, 7) is 3.69. The quantitative estimate of drug-likeness (QED) is 0.668. The van der Waals surface area contributed by atoms with Crippen LogP contribution in [0, 0.1) is 0 Å². The zero-order valence-electron chi connectivity index (χ0n) is 16.4. The highest BCUT2D eigenvalue weighted by atomic mass is 16.2. The van der Waals surface area contributed by atoms with Crippen molar-refractivity contribution in [3.63, 3.8) is 0 Å². The van der Waals surface area contributed by atoms with Crippen molar-refractivity contribution in [2.24, 2.45) is 0 Å². The molecule has 1 aliphatic rings. The van der Waals surface area contributed by atoms with E-state index in [1.807, 2.05) is 61.5 Å². The Morgan fingerprint density at radius 2 is 1.72 bits per heavy atom. The number of rotatable bonds is 5. The monoisotopic (exact) mass is 385 g/mol. The summed E-state index contributed by atoms with van der Waals surface area (Å²) >= 11 is 0. The summed E-state index contributed by atoms with van der Waals surface area (Å²) in [6.07, 6.45) is 3.91. The highest BCUT2D eigenvalue weighted by Crippen LogP contribution is 2.28. The number of para-hydroxylation sites is 1. The second-order valence-electron chi connectivity index (χ2n) is 7.10. The molecule has 29 heavy (non-hydrogen) atoms. The van der Waals surface area contributed by atoms with Crippen LogP contribution in [-0.4, -0.2) is 34.8 Å². The van der Waals surface area contributed by atoms with E-state index in [1.54, 1.807) is 15.9 Å². The molecule has 2 heterocycles. The highest BCUT2D eigenvalue weighted by molar-refractivity contribution is 6.08. The predicted molar refractivity (Wildman–Crippen MR) is 113 cm³/mol. The third kappa shape index (κ3) is 3.90. The van der Waals surface area contributed by atoms with Gasteiger partial charge in [-0.2, -0.15) is 0 Å². The van der Waals surface area contributed by atoms with Crippen molar-refractivity contribution in [3.8, 4) is 0 Å². The standard InChI is InChI=1S/C24H23N3O2/c1-2-26(17-18-8-4-3-5-9-18)23(28)20-14-21(16-25-15-20)24(29)27-13-12-19-10-6-7-11-22(19)27/h3-11,14-16H,2,12-13,17H2,1H3. The topological polar surface area (TPSA) is 53.5 Å². The second kappa shape index (κ2) is 8.27. The van der Waals surface area contributed by atoms with E-state index >= 15 is 0 Å². The van der Waals surface area contributed by atoms with Crippen molar-refractivity contribution in [2.75, 3.05) is 18.0 Å². The van der Waals surface area contributed by atoms with Crippen LogP contribution in [0.5, 0.6) is 0 Å². The largest absolute Gasteiger partial charge is 0.335 e. The Balaban J connectivity index is 1.55. The summed E-state index contributed by atoms with van der Waals surface area (Å²) in [5.41, 5.74) is 4.04. The van der Waals surface area contributed by atoms with Crippen LogP contribution >= 0.6 is 0 Å². The third-order valence-corrected chi connectivity index (χ3v) is 5.25. The van der Waals surface area contributed by atoms with Gasteiger partial charge in [-0.1, -0.05) is 48.5 Å². The van der Waals surface area contributed by atoms with Gasteiger partial charge in [0.2, 0.25) is 0 Å².